The van der Waals surface area contributed by atoms with Crippen LogP contribution in [-0.4, -0.2) is 61.2 Å². The summed E-state index contributed by atoms with van der Waals surface area (Å²) in [7, 11) is 0. The van der Waals surface area contributed by atoms with Crippen LogP contribution in [0.1, 0.15) is 77.0 Å². The van der Waals surface area contributed by atoms with Crippen molar-refractivity contribution in [3.63, 3.8) is 0 Å². The van der Waals surface area contributed by atoms with Gasteiger partial charge in [-0.05, 0) is 11.8 Å². The summed E-state index contributed by atoms with van der Waals surface area (Å²) < 4.78 is 0. The van der Waals surface area contributed by atoms with E-state index in [0.29, 0.717) is 11.8 Å². The summed E-state index contributed by atoms with van der Waals surface area (Å²) in [6.07, 6.45) is 11.3. The molecule has 6 nitrogen and oxygen atoms in total. The smallest absolute Gasteiger partial charge is 0.542 e. The number of aliphatic carboxylic acids is 2. The van der Waals surface area contributed by atoms with E-state index in [2.05, 4.69) is 0 Å². The first-order valence-electron chi connectivity index (χ1n) is 8.88. The van der Waals surface area contributed by atoms with Gasteiger partial charge >= 0.3 is 37.7 Å². The standard InChI is InChI=1S/2C9H14O3.Ca/c2*10-8(9(11)12)6-7-4-2-1-3-5-7;/h2*7H,1-6H2,(H,11,12);/q;;+2/p-2. The fourth-order valence-corrected chi connectivity index (χ4v) is 3.47. The third kappa shape index (κ3) is 11.0. The molecule has 7 heteroatoms. The molecular formula is C18H26CaO6. The van der Waals surface area contributed by atoms with Gasteiger partial charge in [0, 0.05) is 12.8 Å². The SMILES string of the molecule is O=C([O-])C(=O)CC1CCCCC1.O=C([O-])C(=O)CC1CCCCC1.[Ca+2]. The maximum atomic E-state index is 10.7. The minimum absolute atomic E-state index is 0. The number of ketones is 2. The molecule has 0 bridgehead atoms. The van der Waals surface area contributed by atoms with Crippen LogP contribution >= 0.6 is 0 Å². The van der Waals surface area contributed by atoms with Crippen LogP contribution < -0.4 is 10.2 Å². The van der Waals surface area contributed by atoms with Gasteiger partial charge in [-0.1, -0.05) is 64.2 Å². The Morgan fingerprint density at radius 3 is 1.12 bits per heavy atom. The van der Waals surface area contributed by atoms with Crippen molar-refractivity contribution in [2.45, 2.75) is 77.0 Å². The van der Waals surface area contributed by atoms with Gasteiger partial charge in [-0.3, -0.25) is 9.59 Å². The second kappa shape index (κ2) is 13.7. The van der Waals surface area contributed by atoms with Crippen LogP contribution in [0.4, 0.5) is 0 Å². The Labute approximate surface area is 178 Å². The Balaban J connectivity index is 0.000000443. The van der Waals surface area contributed by atoms with Gasteiger partial charge in [0.25, 0.3) is 0 Å². The summed E-state index contributed by atoms with van der Waals surface area (Å²) in [5.41, 5.74) is 0. The van der Waals surface area contributed by atoms with Gasteiger partial charge in [-0.25, -0.2) is 0 Å². The third-order valence-corrected chi connectivity index (χ3v) is 4.85. The van der Waals surface area contributed by atoms with Crippen LogP contribution in [0.15, 0.2) is 0 Å². The summed E-state index contributed by atoms with van der Waals surface area (Å²) >= 11 is 0. The quantitative estimate of drug-likeness (QED) is 0.481. The second-order valence-corrected chi connectivity index (χ2v) is 6.84. The average molecular weight is 378 g/mol. The monoisotopic (exact) mass is 378 g/mol. The summed E-state index contributed by atoms with van der Waals surface area (Å²) in [4.78, 5) is 41.7. The molecule has 0 radical (unpaired) electrons. The molecule has 0 aromatic carbocycles. The molecule has 0 aliphatic heterocycles. The summed E-state index contributed by atoms with van der Waals surface area (Å²) in [5.74, 6) is -3.93. The van der Waals surface area contributed by atoms with Crippen LogP contribution in [0.2, 0.25) is 0 Å². The number of rotatable bonds is 6. The van der Waals surface area contributed by atoms with E-state index in [4.69, 9.17) is 0 Å². The number of carboxylic acids is 2. The fraction of sp³-hybridized carbons (Fsp3) is 0.778. The largest absolute Gasteiger partial charge is 2.00 e. The molecule has 0 saturated heterocycles. The predicted octanol–water partition coefficient (Wildman–Crippen LogP) is 0.171. The molecule has 0 amide bonds. The molecule has 2 aliphatic rings. The van der Waals surface area contributed by atoms with Crippen molar-refractivity contribution in [2.24, 2.45) is 11.8 Å². The van der Waals surface area contributed by atoms with Gasteiger partial charge in [0.2, 0.25) is 0 Å². The zero-order chi connectivity index (χ0) is 17.9. The van der Waals surface area contributed by atoms with Crippen LogP contribution in [0.3, 0.4) is 0 Å². The summed E-state index contributed by atoms with van der Waals surface area (Å²) in [6.45, 7) is 0. The molecule has 136 valence electrons. The summed E-state index contributed by atoms with van der Waals surface area (Å²) in [5, 5.41) is 20.2. The molecule has 25 heavy (non-hydrogen) atoms. The zero-order valence-corrected chi connectivity index (χ0v) is 17.0. The van der Waals surface area contributed by atoms with Crippen molar-refractivity contribution >= 4 is 61.2 Å². The van der Waals surface area contributed by atoms with E-state index in [1.807, 2.05) is 0 Å². The molecule has 2 fully saturated rings. The fourth-order valence-electron chi connectivity index (χ4n) is 3.47. The van der Waals surface area contributed by atoms with Crippen molar-refractivity contribution in [1.82, 2.24) is 0 Å². The van der Waals surface area contributed by atoms with Crippen molar-refractivity contribution in [2.75, 3.05) is 0 Å². The minimum atomic E-state index is -1.53. The number of hydrogen-bond donors (Lipinski definition) is 0. The minimum Gasteiger partial charge on any atom is -0.542 e. The first-order valence-corrected chi connectivity index (χ1v) is 8.88. The number of carbonyl (C=O) groups excluding carboxylic acids is 4. The van der Waals surface area contributed by atoms with Gasteiger partial charge in [0.1, 0.15) is 11.9 Å². The van der Waals surface area contributed by atoms with Gasteiger partial charge in [-0.2, -0.15) is 0 Å². The van der Waals surface area contributed by atoms with E-state index in [0.717, 1.165) is 51.4 Å². The van der Waals surface area contributed by atoms with Crippen molar-refractivity contribution in [1.29, 1.82) is 0 Å². The second-order valence-electron chi connectivity index (χ2n) is 6.84. The van der Waals surface area contributed by atoms with Gasteiger partial charge in [-0.15, -0.1) is 0 Å². The number of carboxylic acid groups (broad SMARTS) is 2. The van der Waals surface area contributed by atoms with E-state index in [1.54, 1.807) is 0 Å². The molecule has 0 atom stereocenters. The molecule has 0 N–H and O–H groups in total. The van der Waals surface area contributed by atoms with Crippen LogP contribution in [-0.2, 0) is 19.2 Å². The predicted molar refractivity (Wildman–Crippen MR) is 88.2 cm³/mol. The maximum Gasteiger partial charge on any atom is 2.00 e. The van der Waals surface area contributed by atoms with Crippen LogP contribution in [0, 0.1) is 11.8 Å². The molecular weight excluding hydrogens is 352 g/mol. The third-order valence-electron chi connectivity index (χ3n) is 4.85. The van der Waals surface area contributed by atoms with Crippen molar-refractivity contribution in [3.05, 3.63) is 0 Å². The van der Waals surface area contributed by atoms with Crippen molar-refractivity contribution < 1.29 is 29.4 Å². The van der Waals surface area contributed by atoms with Crippen LogP contribution in [0.25, 0.3) is 0 Å². The number of carbonyl (C=O) groups is 4. The van der Waals surface area contributed by atoms with Gasteiger partial charge < -0.3 is 19.8 Å². The van der Waals surface area contributed by atoms with Crippen LogP contribution in [0.5, 0.6) is 0 Å². The normalized spacial score (nSPS) is 18.2. The van der Waals surface area contributed by atoms with E-state index in [9.17, 15) is 29.4 Å². The van der Waals surface area contributed by atoms with E-state index in [1.165, 1.54) is 12.8 Å². The van der Waals surface area contributed by atoms with Crippen molar-refractivity contribution in [3.8, 4) is 0 Å². The maximum absolute atomic E-state index is 10.7. The number of hydrogen-bond acceptors (Lipinski definition) is 6. The van der Waals surface area contributed by atoms with Gasteiger partial charge in [0.05, 0.1) is 0 Å². The van der Waals surface area contributed by atoms with E-state index >= 15 is 0 Å². The average Bonchev–Trinajstić information content (AvgIpc) is 2.57. The summed E-state index contributed by atoms with van der Waals surface area (Å²) in [6, 6.07) is 0. The molecule has 2 rings (SSSR count). The van der Waals surface area contributed by atoms with Gasteiger partial charge in [0.15, 0.2) is 11.6 Å². The molecule has 0 heterocycles. The Kier molecular flexibility index (Phi) is 13.5. The Hall–Kier alpha value is -0.460. The molecule has 2 aliphatic carbocycles. The van der Waals surface area contributed by atoms with E-state index in [-0.39, 0.29) is 50.6 Å². The first-order chi connectivity index (χ1) is 11.4. The first kappa shape index (κ1) is 24.5. The Morgan fingerprint density at radius 2 is 0.880 bits per heavy atom. The molecule has 0 aromatic heterocycles. The molecule has 0 spiro atoms. The molecule has 2 saturated carbocycles. The van der Waals surface area contributed by atoms with E-state index < -0.39 is 23.5 Å². The Bertz CT molecular complexity index is 408. The topological polar surface area (TPSA) is 114 Å². The zero-order valence-electron chi connectivity index (χ0n) is 14.8. The number of Topliss-reactive ketones (excluding diaryl/α,β-unsaturated/α-hetero) is 2. The molecule has 0 aromatic rings. The Morgan fingerprint density at radius 1 is 0.600 bits per heavy atom. The molecule has 0 unspecified atom stereocenters.